The van der Waals surface area contributed by atoms with Crippen molar-refractivity contribution in [3.05, 3.63) is 46.8 Å². The molecule has 1 aliphatic rings. The van der Waals surface area contributed by atoms with Gasteiger partial charge in [0.05, 0.1) is 13.7 Å². The summed E-state index contributed by atoms with van der Waals surface area (Å²) in [5, 5.41) is 9.97. The summed E-state index contributed by atoms with van der Waals surface area (Å²) in [7, 11) is 1.61. The fraction of sp³-hybridized carbons (Fsp3) is 0.450. The fourth-order valence-electron chi connectivity index (χ4n) is 2.97. The normalized spacial score (nSPS) is 13.6. The summed E-state index contributed by atoms with van der Waals surface area (Å²) in [6.07, 6.45) is 0.219. The van der Waals surface area contributed by atoms with E-state index >= 15 is 0 Å². The molecule has 0 bridgehead atoms. The number of H-pyrrole nitrogens is 1. The third-order valence-corrected chi connectivity index (χ3v) is 4.41. The van der Waals surface area contributed by atoms with Crippen molar-refractivity contribution >= 4 is 12.0 Å². The maximum atomic E-state index is 12.6. The minimum Gasteiger partial charge on any atom is -0.497 e. The predicted molar refractivity (Wildman–Crippen MR) is 103 cm³/mol. The van der Waals surface area contributed by atoms with E-state index < -0.39 is 5.60 Å². The summed E-state index contributed by atoms with van der Waals surface area (Å²) < 4.78 is 10.6. The summed E-state index contributed by atoms with van der Waals surface area (Å²) in [6, 6.07) is 7.47. The van der Waals surface area contributed by atoms with Crippen molar-refractivity contribution in [1.82, 2.24) is 20.4 Å². The zero-order chi connectivity index (χ0) is 20.3. The first kappa shape index (κ1) is 19.7. The lowest BCUT2D eigenvalue weighted by atomic mass is 10.1. The Morgan fingerprint density at radius 1 is 1.25 bits per heavy atom. The zero-order valence-electron chi connectivity index (χ0n) is 16.7. The number of carbonyl (C=O) groups is 2. The number of hydrogen-bond donors (Lipinski definition) is 2. The van der Waals surface area contributed by atoms with E-state index in [9.17, 15) is 9.59 Å². The van der Waals surface area contributed by atoms with Gasteiger partial charge in [-0.15, -0.1) is 0 Å². The molecule has 3 rings (SSSR count). The molecule has 150 valence electrons. The van der Waals surface area contributed by atoms with Crippen molar-refractivity contribution < 1.29 is 19.1 Å². The van der Waals surface area contributed by atoms with Crippen LogP contribution in [0.25, 0.3) is 0 Å². The highest BCUT2D eigenvalue weighted by Crippen LogP contribution is 2.22. The molecule has 28 heavy (non-hydrogen) atoms. The van der Waals surface area contributed by atoms with Crippen LogP contribution in [-0.4, -0.2) is 46.4 Å². The number of carbonyl (C=O) groups excluding carboxylic acids is 2. The highest BCUT2D eigenvalue weighted by Gasteiger charge is 2.30. The van der Waals surface area contributed by atoms with Crippen LogP contribution >= 0.6 is 0 Å². The summed E-state index contributed by atoms with van der Waals surface area (Å²) >= 11 is 0. The second kappa shape index (κ2) is 7.92. The number of fused-ring (bicyclic) bond motifs is 1. The van der Waals surface area contributed by atoms with Gasteiger partial charge in [-0.1, -0.05) is 12.1 Å². The van der Waals surface area contributed by atoms with E-state index in [1.54, 1.807) is 12.0 Å². The van der Waals surface area contributed by atoms with Crippen molar-refractivity contribution in [3.8, 4) is 5.75 Å². The topological polar surface area (TPSA) is 96.5 Å². The maximum absolute atomic E-state index is 12.6. The standard InChI is InChI=1S/C20H26N4O4/c1-20(2,3)28-19(26)24-10-9-16-15(12-24)17(23-22-16)18(25)21-11-13-5-7-14(27-4)8-6-13/h5-8H,9-12H2,1-4H3,(H,21,25)(H,22,23). The molecule has 0 saturated heterocycles. The largest absolute Gasteiger partial charge is 0.497 e. The number of amides is 2. The zero-order valence-corrected chi connectivity index (χ0v) is 16.7. The molecule has 8 nitrogen and oxygen atoms in total. The van der Waals surface area contributed by atoms with E-state index in [2.05, 4.69) is 15.5 Å². The molecule has 1 aromatic heterocycles. The van der Waals surface area contributed by atoms with E-state index in [-0.39, 0.29) is 12.0 Å². The molecule has 2 heterocycles. The first-order valence-corrected chi connectivity index (χ1v) is 9.22. The number of aromatic nitrogens is 2. The van der Waals surface area contributed by atoms with Crippen LogP contribution in [0.5, 0.6) is 5.75 Å². The Morgan fingerprint density at radius 2 is 1.96 bits per heavy atom. The van der Waals surface area contributed by atoms with E-state index in [4.69, 9.17) is 9.47 Å². The summed E-state index contributed by atoms with van der Waals surface area (Å²) in [5.41, 5.74) is 2.33. The number of aromatic amines is 1. The average molecular weight is 386 g/mol. The third kappa shape index (κ3) is 4.62. The van der Waals surface area contributed by atoms with Gasteiger partial charge in [-0.2, -0.15) is 5.10 Å². The molecule has 0 saturated carbocycles. The van der Waals surface area contributed by atoms with Crippen molar-refractivity contribution in [1.29, 1.82) is 0 Å². The van der Waals surface area contributed by atoms with Gasteiger partial charge in [-0.3, -0.25) is 9.89 Å². The number of hydrogen-bond acceptors (Lipinski definition) is 5. The van der Waals surface area contributed by atoms with E-state index in [0.717, 1.165) is 22.6 Å². The van der Waals surface area contributed by atoms with Crippen LogP contribution in [0, 0.1) is 0 Å². The van der Waals surface area contributed by atoms with Crippen molar-refractivity contribution in [3.63, 3.8) is 0 Å². The van der Waals surface area contributed by atoms with Gasteiger partial charge < -0.3 is 19.7 Å². The molecule has 8 heteroatoms. The van der Waals surface area contributed by atoms with E-state index in [1.165, 1.54) is 0 Å². The van der Waals surface area contributed by atoms with E-state index in [0.29, 0.717) is 31.7 Å². The summed E-state index contributed by atoms with van der Waals surface area (Å²) in [5.74, 6) is 0.484. The molecular weight excluding hydrogens is 360 g/mol. The van der Waals surface area contributed by atoms with Gasteiger partial charge >= 0.3 is 6.09 Å². The SMILES string of the molecule is COc1ccc(CNC(=O)c2n[nH]c3c2CN(C(=O)OC(C)(C)C)CC3)cc1. The molecule has 1 aliphatic heterocycles. The second-order valence-corrected chi connectivity index (χ2v) is 7.71. The van der Waals surface area contributed by atoms with Crippen LogP contribution < -0.4 is 10.1 Å². The monoisotopic (exact) mass is 386 g/mol. The Kier molecular flexibility index (Phi) is 5.58. The molecule has 0 unspecified atom stereocenters. The van der Waals surface area contributed by atoms with E-state index in [1.807, 2.05) is 45.0 Å². The summed E-state index contributed by atoms with van der Waals surface area (Å²) in [6.45, 7) is 6.69. The molecular formula is C20H26N4O4. The number of nitrogens with one attached hydrogen (secondary N) is 2. The van der Waals surface area contributed by atoms with Crippen LogP contribution in [0.3, 0.4) is 0 Å². The number of nitrogens with zero attached hydrogens (tertiary/aromatic N) is 2. The smallest absolute Gasteiger partial charge is 0.410 e. The van der Waals surface area contributed by atoms with Gasteiger partial charge in [-0.05, 0) is 38.5 Å². The average Bonchev–Trinajstić information content (AvgIpc) is 3.08. The highest BCUT2D eigenvalue weighted by atomic mass is 16.6. The summed E-state index contributed by atoms with van der Waals surface area (Å²) in [4.78, 5) is 26.6. The van der Waals surface area contributed by atoms with Crippen molar-refractivity contribution in [2.24, 2.45) is 0 Å². The Bertz CT molecular complexity index is 852. The second-order valence-electron chi connectivity index (χ2n) is 7.71. The minimum absolute atomic E-state index is 0.278. The lowest BCUT2D eigenvalue weighted by Crippen LogP contribution is -2.40. The molecule has 2 amide bonds. The lowest BCUT2D eigenvalue weighted by molar-refractivity contribution is 0.0222. The number of benzene rings is 1. The van der Waals surface area contributed by atoms with Crippen LogP contribution in [0.4, 0.5) is 4.79 Å². The Hall–Kier alpha value is -3.03. The number of ether oxygens (including phenoxy) is 2. The Morgan fingerprint density at radius 3 is 2.61 bits per heavy atom. The highest BCUT2D eigenvalue weighted by molar-refractivity contribution is 5.94. The predicted octanol–water partition coefficient (Wildman–Crippen LogP) is 2.64. The van der Waals surface area contributed by atoms with Crippen LogP contribution in [0.1, 0.15) is 48.1 Å². The van der Waals surface area contributed by atoms with Crippen LogP contribution in [-0.2, 0) is 24.2 Å². The minimum atomic E-state index is -0.563. The van der Waals surface area contributed by atoms with Gasteiger partial charge in [0.25, 0.3) is 5.91 Å². The molecule has 0 radical (unpaired) electrons. The molecule has 0 aliphatic carbocycles. The van der Waals surface area contributed by atoms with Gasteiger partial charge in [0.2, 0.25) is 0 Å². The van der Waals surface area contributed by atoms with Crippen molar-refractivity contribution in [2.75, 3.05) is 13.7 Å². The Labute approximate surface area is 164 Å². The quantitative estimate of drug-likeness (QED) is 0.842. The van der Waals surface area contributed by atoms with Crippen molar-refractivity contribution in [2.45, 2.75) is 45.9 Å². The lowest BCUT2D eigenvalue weighted by Gasteiger charge is -2.30. The molecule has 0 fully saturated rings. The molecule has 2 N–H and O–H groups in total. The first-order valence-electron chi connectivity index (χ1n) is 9.22. The van der Waals surface area contributed by atoms with Crippen LogP contribution in [0.15, 0.2) is 24.3 Å². The van der Waals surface area contributed by atoms with Gasteiger partial charge in [0.15, 0.2) is 5.69 Å². The molecule has 2 aromatic rings. The Balaban J connectivity index is 1.65. The maximum Gasteiger partial charge on any atom is 0.410 e. The number of rotatable bonds is 4. The molecule has 0 atom stereocenters. The first-order chi connectivity index (χ1) is 13.3. The fourth-order valence-corrected chi connectivity index (χ4v) is 2.97. The van der Waals surface area contributed by atoms with Crippen LogP contribution in [0.2, 0.25) is 0 Å². The van der Waals surface area contributed by atoms with Gasteiger partial charge in [0, 0.05) is 30.8 Å². The number of methoxy groups -OCH3 is 1. The van der Waals surface area contributed by atoms with Gasteiger partial charge in [0.1, 0.15) is 11.4 Å². The third-order valence-electron chi connectivity index (χ3n) is 4.41. The van der Waals surface area contributed by atoms with Gasteiger partial charge in [-0.25, -0.2) is 4.79 Å². The molecule has 1 aromatic carbocycles. The molecule has 0 spiro atoms.